The van der Waals surface area contributed by atoms with Crippen LogP contribution in [-0.2, 0) is 5.21 Å². The fraction of sp³-hybridized carbons (Fsp3) is 0.750. The van der Waals surface area contributed by atoms with Gasteiger partial charge in [-0.3, -0.25) is 4.79 Å². The van der Waals surface area contributed by atoms with Crippen molar-refractivity contribution in [2.75, 3.05) is 14.1 Å². The van der Waals surface area contributed by atoms with E-state index in [0.717, 1.165) is 22.6 Å². The van der Waals surface area contributed by atoms with E-state index >= 15 is 0 Å². The summed E-state index contributed by atoms with van der Waals surface area (Å²) < 4.78 is 1.71. The summed E-state index contributed by atoms with van der Waals surface area (Å²) in [5.74, 6) is 0. The molecular weight excluding hydrogens is 250 g/mol. The Morgan fingerprint density at radius 1 is 1.39 bits per heavy atom. The predicted molar refractivity (Wildman–Crippen MR) is 73.4 cm³/mol. The molecule has 0 aromatic heterocycles. The largest absolute Gasteiger partial charge is 0.337 e. The number of carbonyl (C=O) groups excluding carboxylic acids is 1. The van der Waals surface area contributed by atoms with Crippen molar-refractivity contribution in [1.29, 1.82) is 0 Å². The average Bonchev–Trinajstić information content (AvgIpc) is 2.30. The van der Waals surface area contributed by atoms with E-state index in [-0.39, 0.29) is 11.3 Å². The number of rotatable bonds is 2. The van der Waals surface area contributed by atoms with E-state index < -0.39 is 11.1 Å². The number of hydrogen-bond donors (Lipinski definition) is 1. The van der Waals surface area contributed by atoms with Gasteiger partial charge in [0.2, 0.25) is 0 Å². The molecular formula is C12H22N3O2S. The van der Waals surface area contributed by atoms with E-state index in [1.54, 1.807) is 18.4 Å². The van der Waals surface area contributed by atoms with Gasteiger partial charge in [0.1, 0.15) is 0 Å². The van der Waals surface area contributed by atoms with E-state index in [4.69, 9.17) is 0 Å². The molecule has 0 aromatic rings. The summed E-state index contributed by atoms with van der Waals surface area (Å²) in [6.07, 6.45) is 0. The van der Waals surface area contributed by atoms with Gasteiger partial charge in [-0.15, -0.1) is 10.3 Å². The van der Waals surface area contributed by atoms with Crippen LogP contribution in [0.15, 0.2) is 12.2 Å². The predicted octanol–water partition coefficient (Wildman–Crippen LogP) is 2.05. The summed E-state index contributed by atoms with van der Waals surface area (Å²) >= 11 is 1.07. The van der Waals surface area contributed by atoms with Crippen molar-refractivity contribution in [1.82, 2.24) is 14.7 Å². The molecule has 1 aliphatic rings. The maximum absolute atomic E-state index is 12.3. The first-order chi connectivity index (χ1) is 8.01. The molecule has 0 saturated carbocycles. The first kappa shape index (κ1) is 15.5. The van der Waals surface area contributed by atoms with Crippen LogP contribution in [0.25, 0.3) is 0 Å². The number of hydrogen-bond acceptors (Lipinski definition) is 4. The molecule has 1 fully saturated rings. The first-order valence-electron chi connectivity index (χ1n) is 5.83. The molecule has 103 valence electrons. The molecule has 6 heteroatoms. The van der Waals surface area contributed by atoms with Crippen molar-refractivity contribution in [3.05, 3.63) is 12.2 Å². The third kappa shape index (κ3) is 2.56. The molecule has 0 aromatic carbocycles. The van der Waals surface area contributed by atoms with Gasteiger partial charge in [-0.2, -0.15) is 0 Å². The lowest BCUT2D eigenvalue weighted by Crippen LogP contribution is -2.52. The number of carbonyl (C=O) groups is 1. The quantitative estimate of drug-likeness (QED) is 0.617. The lowest BCUT2D eigenvalue weighted by atomic mass is 9.90. The van der Waals surface area contributed by atoms with Crippen LogP contribution in [0.3, 0.4) is 0 Å². The Kier molecular flexibility index (Phi) is 4.17. The zero-order valence-electron chi connectivity index (χ0n) is 11.9. The Balaban J connectivity index is 2.89. The van der Waals surface area contributed by atoms with Crippen molar-refractivity contribution in [2.45, 2.75) is 44.8 Å². The Morgan fingerprint density at radius 2 is 1.89 bits per heavy atom. The van der Waals surface area contributed by atoms with Crippen molar-refractivity contribution in [3.8, 4) is 0 Å². The minimum absolute atomic E-state index is 0.176. The van der Waals surface area contributed by atoms with E-state index in [2.05, 4.69) is 11.9 Å². The molecule has 0 aliphatic carbocycles. The Hall–Kier alpha value is -0.560. The van der Waals surface area contributed by atoms with Crippen LogP contribution in [-0.4, -0.2) is 45.8 Å². The fourth-order valence-corrected chi connectivity index (χ4v) is 2.82. The molecule has 1 unspecified atom stereocenters. The molecule has 1 aliphatic heterocycles. The zero-order chi connectivity index (χ0) is 14.3. The molecule has 1 N–H and O–H groups in total. The number of nitrogens with zero attached hydrogens (tertiary/aromatic N) is 2. The van der Waals surface area contributed by atoms with Gasteiger partial charge < -0.3 is 5.32 Å². The SMILES string of the molecule is C=C1C(NC(=O)SN(C)C)C(C)(C)N([O])C1(C)C. The van der Waals surface area contributed by atoms with Crippen molar-refractivity contribution in [3.63, 3.8) is 0 Å². The molecule has 1 atom stereocenters. The van der Waals surface area contributed by atoms with E-state index in [1.165, 1.54) is 0 Å². The third-order valence-corrected chi connectivity index (χ3v) is 4.05. The van der Waals surface area contributed by atoms with Gasteiger partial charge in [-0.1, -0.05) is 6.58 Å². The fourth-order valence-electron chi connectivity index (χ4n) is 2.32. The van der Waals surface area contributed by atoms with Crippen LogP contribution in [0.4, 0.5) is 4.79 Å². The number of amides is 1. The second-order valence-corrected chi connectivity index (χ2v) is 7.08. The second-order valence-electron chi connectivity index (χ2n) is 5.80. The summed E-state index contributed by atoms with van der Waals surface area (Å²) in [6, 6.07) is -0.343. The van der Waals surface area contributed by atoms with E-state index in [0.29, 0.717) is 0 Å². The smallest absolute Gasteiger partial charge is 0.294 e. The van der Waals surface area contributed by atoms with Crippen LogP contribution in [0.1, 0.15) is 27.7 Å². The Morgan fingerprint density at radius 3 is 2.22 bits per heavy atom. The van der Waals surface area contributed by atoms with Crippen molar-refractivity contribution >= 4 is 17.2 Å². The van der Waals surface area contributed by atoms with Gasteiger partial charge in [-0.25, -0.2) is 4.31 Å². The Labute approximate surface area is 113 Å². The molecule has 1 radical (unpaired) electrons. The summed E-state index contributed by atoms with van der Waals surface area (Å²) in [5, 5.41) is 16.0. The summed E-state index contributed by atoms with van der Waals surface area (Å²) in [4.78, 5) is 11.8. The summed E-state index contributed by atoms with van der Waals surface area (Å²) in [5.41, 5.74) is -0.608. The lowest BCUT2D eigenvalue weighted by molar-refractivity contribution is -0.242. The lowest BCUT2D eigenvalue weighted by Gasteiger charge is -2.33. The maximum atomic E-state index is 12.3. The highest BCUT2D eigenvalue weighted by Gasteiger charge is 2.55. The van der Waals surface area contributed by atoms with Crippen LogP contribution >= 0.6 is 11.9 Å². The van der Waals surface area contributed by atoms with Gasteiger partial charge in [0.25, 0.3) is 5.24 Å². The molecule has 1 saturated heterocycles. The van der Waals surface area contributed by atoms with E-state index in [9.17, 15) is 10.0 Å². The van der Waals surface area contributed by atoms with Crippen molar-refractivity contribution in [2.24, 2.45) is 0 Å². The van der Waals surface area contributed by atoms with Crippen LogP contribution in [0, 0.1) is 0 Å². The highest BCUT2D eigenvalue weighted by Crippen LogP contribution is 2.42. The van der Waals surface area contributed by atoms with Gasteiger partial charge in [0, 0.05) is 11.9 Å². The third-order valence-electron chi connectivity index (χ3n) is 3.40. The highest BCUT2D eigenvalue weighted by atomic mass is 32.2. The summed E-state index contributed by atoms with van der Waals surface area (Å²) in [6.45, 7) is 11.3. The highest BCUT2D eigenvalue weighted by molar-refractivity contribution is 8.11. The van der Waals surface area contributed by atoms with Gasteiger partial charge in [0.05, 0.1) is 17.1 Å². The van der Waals surface area contributed by atoms with Crippen molar-refractivity contribution < 1.29 is 10.0 Å². The van der Waals surface area contributed by atoms with Crippen LogP contribution < -0.4 is 5.32 Å². The minimum Gasteiger partial charge on any atom is -0.337 e. The Bertz CT molecular complexity index is 366. The van der Waals surface area contributed by atoms with Gasteiger partial charge >= 0.3 is 0 Å². The normalized spacial score (nSPS) is 26.7. The average molecular weight is 272 g/mol. The molecule has 18 heavy (non-hydrogen) atoms. The van der Waals surface area contributed by atoms with Gasteiger partial charge in [0.15, 0.2) is 0 Å². The molecule has 1 rings (SSSR count). The molecule has 1 heterocycles. The first-order valence-corrected chi connectivity index (χ1v) is 6.61. The number of nitrogens with one attached hydrogen (secondary N) is 1. The van der Waals surface area contributed by atoms with Crippen LogP contribution in [0.5, 0.6) is 0 Å². The maximum Gasteiger partial charge on any atom is 0.294 e. The molecule has 0 bridgehead atoms. The minimum atomic E-state index is -0.691. The molecule has 5 nitrogen and oxygen atoms in total. The number of hydroxylamine groups is 2. The second kappa shape index (κ2) is 4.85. The summed E-state index contributed by atoms with van der Waals surface area (Å²) in [7, 11) is 3.59. The standard InChI is InChI=1S/C12H22N3O2S/c1-8-9(13-10(16)18-14(6)7)12(4,5)15(17)11(8,2)3/h9H,1H2,2-7H3,(H,13,16). The monoisotopic (exact) mass is 272 g/mol. The topological polar surface area (TPSA) is 55.5 Å². The zero-order valence-corrected chi connectivity index (χ0v) is 12.7. The molecule has 0 spiro atoms. The van der Waals surface area contributed by atoms with Crippen LogP contribution in [0.2, 0.25) is 0 Å². The molecule has 1 amide bonds. The van der Waals surface area contributed by atoms with Gasteiger partial charge in [-0.05, 0) is 47.4 Å². The van der Waals surface area contributed by atoms with E-state index in [1.807, 2.05) is 27.7 Å².